The van der Waals surface area contributed by atoms with Crippen molar-refractivity contribution in [3.8, 4) is 0 Å². The lowest BCUT2D eigenvalue weighted by Gasteiger charge is -2.37. The molecule has 1 aliphatic heterocycles. The minimum absolute atomic E-state index is 0.442. The lowest BCUT2D eigenvalue weighted by atomic mass is 10.0. The van der Waals surface area contributed by atoms with Crippen LogP contribution in [0.5, 0.6) is 0 Å². The summed E-state index contributed by atoms with van der Waals surface area (Å²) in [5.74, 6) is 0.442. The highest BCUT2D eigenvalue weighted by atomic mass is 16.1. The number of rotatable bonds is 13. The molecular weight excluding hydrogens is 330 g/mol. The third kappa shape index (κ3) is 9.06. The van der Waals surface area contributed by atoms with E-state index >= 15 is 0 Å². The number of quaternary nitrogens is 1. The molecule has 1 heterocycles. The molecule has 0 aliphatic carbocycles. The first kappa shape index (κ1) is 22.1. The molecule has 2 rings (SSSR count). The summed E-state index contributed by atoms with van der Waals surface area (Å²) in [7, 11) is 2.30. The average Bonchev–Trinajstić information content (AvgIpc) is 2.67. The molecule has 2 heteroatoms. The number of Topliss-reactive ketones (excluding diaryl/α,β-unsaturated/α-hetero) is 1. The lowest BCUT2D eigenvalue weighted by Crippen LogP contribution is -2.49. The van der Waals surface area contributed by atoms with Gasteiger partial charge in [-0.05, 0) is 18.4 Å². The molecule has 1 fully saturated rings. The molecule has 0 amide bonds. The lowest BCUT2D eigenvalue weighted by molar-refractivity contribution is -0.923. The van der Waals surface area contributed by atoms with Crippen molar-refractivity contribution >= 4 is 5.78 Å². The van der Waals surface area contributed by atoms with E-state index in [1.807, 2.05) is 0 Å². The van der Waals surface area contributed by atoms with Crippen molar-refractivity contribution in [3.63, 3.8) is 0 Å². The van der Waals surface area contributed by atoms with Gasteiger partial charge in [0, 0.05) is 5.56 Å². The van der Waals surface area contributed by atoms with Crippen molar-refractivity contribution in [2.75, 3.05) is 20.1 Å². The van der Waals surface area contributed by atoms with Crippen molar-refractivity contribution in [1.82, 2.24) is 0 Å². The first-order valence-electron chi connectivity index (χ1n) is 11.5. The zero-order valence-electron chi connectivity index (χ0n) is 18.0. The maximum absolute atomic E-state index is 11.5. The van der Waals surface area contributed by atoms with Gasteiger partial charge in [-0.1, -0.05) is 89.0 Å². The van der Waals surface area contributed by atoms with E-state index in [0.717, 1.165) is 37.0 Å². The zero-order chi connectivity index (χ0) is 19.4. The van der Waals surface area contributed by atoms with Gasteiger partial charge < -0.3 is 4.48 Å². The van der Waals surface area contributed by atoms with Crippen LogP contribution in [0.3, 0.4) is 0 Å². The number of ketones is 1. The number of carbonyl (C=O) groups is 1. The van der Waals surface area contributed by atoms with E-state index in [-0.39, 0.29) is 0 Å². The van der Waals surface area contributed by atoms with Crippen LogP contribution in [0.25, 0.3) is 0 Å². The Balaban J connectivity index is 1.56. The third-order valence-electron chi connectivity index (χ3n) is 6.27. The number of nitrogens with zero attached hydrogens (tertiary/aromatic N) is 1. The number of hydrogen-bond acceptors (Lipinski definition) is 1. The van der Waals surface area contributed by atoms with Gasteiger partial charge in [-0.2, -0.15) is 0 Å². The normalized spacial score (nSPS) is 16.6. The molecule has 1 aliphatic rings. The van der Waals surface area contributed by atoms with E-state index in [1.165, 1.54) is 81.8 Å². The quantitative estimate of drug-likeness (QED) is 0.287. The van der Waals surface area contributed by atoms with Crippen molar-refractivity contribution in [2.45, 2.75) is 96.9 Å². The summed E-state index contributed by atoms with van der Waals surface area (Å²) in [6.45, 7) is 5.34. The van der Waals surface area contributed by atoms with E-state index in [9.17, 15) is 4.79 Å². The predicted octanol–water partition coefficient (Wildman–Crippen LogP) is 6.46. The number of aryl methyl sites for hydroxylation is 1. The molecule has 0 spiro atoms. The van der Waals surface area contributed by atoms with Crippen LogP contribution in [-0.4, -0.2) is 30.4 Å². The number of benzene rings is 1. The zero-order valence-corrected chi connectivity index (χ0v) is 18.0. The second-order valence-corrected chi connectivity index (χ2v) is 9.01. The van der Waals surface area contributed by atoms with Crippen molar-refractivity contribution in [2.24, 2.45) is 0 Å². The van der Waals surface area contributed by atoms with Crippen LogP contribution < -0.4 is 0 Å². The monoisotopic (exact) mass is 372 g/mol. The summed E-state index contributed by atoms with van der Waals surface area (Å²) >= 11 is 0. The molecule has 27 heavy (non-hydrogen) atoms. The van der Waals surface area contributed by atoms with Crippen molar-refractivity contribution in [3.05, 3.63) is 35.4 Å². The van der Waals surface area contributed by atoms with Crippen LogP contribution in [0.1, 0.15) is 95.1 Å². The molecule has 0 atom stereocenters. The molecule has 1 aromatic carbocycles. The Hall–Kier alpha value is -1.15. The van der Waals surface area contributed by atoms with Crippen LogP contribution in [0, 0.1) is 0 Å². The predicted molar refractivity (Wildman–Crippen MR) is 116 cm³/mol. The van der Waals surface area contributed by atoms with E-state index < -0.39 is 0 Å². The Morgan fingerprint density at radius 3 is 1.78 bits per heavy atom. The van der Waals surface area contributed by atoms with Gasteiger partial charge >= 0.3 is 0 Å². The molecule has 1 aromatic rings. The van der Waals surface area contributed by atoms with Gasteiger partial charge in [0.05, 0.1) is 33.0 Å². The molecule has 0 N–H and O–H groups in total. The maximum atomic E-state index is 11.5. The standard InChI is InChI=1S/C25H42NO/c1-3-4-5-6-7-8-9-10-11-12-13-23-14-16-24(17-15-23)22-26(2)20-18-25(27)19-21-26/h14-17H,3-13,18-22H2,1-2H3/q+1. The van der Waals surface area contributed by atoms with Gasteiger partial charge in [-0.15, -0.1) is 0 Å². The molecular formula is C25H42NO+. The molecule has 152 valence electrons. The first-order valence-corrected chi connectivity index (χ1v) is 11.5. The fraction of sp³-hybridized carbons (Fsp3) is 0.720. The maximum Gasteiger partial charge on any atom is 0.144 e. The highest BCUT2D eigenvalue weighted by molar-refractivity contribution is 5.78. The smallest absolute Gasteiger partial charge is 0.144 e. The Bertz CT molecular complexity index is 524. The molecule has 0 radical (unpaired) electrons. The second kappa shape index (κ2) is 12.3. The average molecular weight is 373 g/mol. The van der Waals surface area contributed by atoms with E-state index in [0.29, 0.717) is 5.78 Å². The molecule has 0 aromatic heterocycles. The Morgan fingerprint density at radius 1 is 0.741 bits per heavy atom. The fourth-order valence-corrected chi connectivity index (χ4v) is 4.25. The van der Waals surface area contributed by atoms with Crippen LogP contribution in [0.2, 0.25) is 0 Å². The third-order valence-corrected chi connectivity index (χ3v) is 6.27. The van der Waals surface area contributed by atoms with Crippen LogP contribution in [0.4, 0.5) is 0 Å². The van der Waals surface area contributed by atoms with Gasteiger partial charge in [-0.25, -0.2) is 0 Å². The summed E-state index contributed by atoms with van der Waals surface area (Å²) in [4.78, 5) is 11.5. The first-order chi connectivity index (χ1) is 13.1. The topological polar surface area (TPSA) is 17.1 Å². The Morgan fingerprint density at radius 2 is 1.22 bits per heavy atom. The molecule has 0 bridgehead atoms. The van der Waals surface area contributed by atoms with E-state index in [1.54, 1.807) is 0 Å². The van der Waals surface area contributed by atoms with Gasteiger partial charge in [0.1, 0.15) is 12.3 Å². The number of hydrogen-bond donors (Lipinski definition) is 0. The number of carbonyl (C=O) groups excluding carboxylic acids is 1. The summed E-state index contributed by atoms with van der Waals surface area (Å²) in [5.41, 5.74) is 2.90. The Labute approximate surface area is 167 Å². The fourth-order valence-electron chi connectivity index (χ4n) is 4.25. The number of unbranched alkanes of at least 4 members (excludes halogenated alkanes) is 9. The molecule has 2 nitrogen and oxygen atoms in total. The van der Waals surface area contributed by atoms with Gasteiger partial charge in [0.2, 0.25) is 0 Å². The highest BCUT2D eigenvalue weighted by Gasteiger charge is 2.28. The second-order valence-electron chi connectivity index (χ2n) is 9.01. The largest absolute Gasteiger partial charge is 0.322 e. The molecule has 0 saturated carbocycles. The van der Waals surface area contributed by atoms with Crippen LogP contribution in [-0.2, 0) is 17.8 Å². The van der Waals surface area contributed by atoms with Crippen molar-refractivity contribution < 1.29 is 9.28 Å². The van der Waals surface area contributed by atoms with Crippen LogP contribution in [0.15, 0.2) is 24.3 Å². The summed E-state index contributed by atoms with van der Waals surface area (Å²) in [6.07, 6.45) is 16.8. The Kier molecular flexibility index (Phi) is 10.1. The van der Waals surface area contributed by atoms with Crippen LogP contribution >= 0.6 is 0 Å². The van der Waals surface area contributed by atoms with Crippen molar-refractivity contribution in [1.29, 1.82) is 0 Å². The summed E-state index contributed by atoms with van der Waals surface area (Å²) in [6, 6.07) is 9.27. The minimum atomic E-state index is 0.442. The van der Waals surface area contributed by atoms with Gasteiger partial charge in [0.25, 0.3) is 0 Å². The van der Waals surface area contributed by atoms with Gasteiger partial charge in [-0.3, -0.25) is 4.79 Å². The molecule has 1 saturated heterocycles. The summed E-state index contributed by atoms with van der Waals surface area (Å²) < 4.78 is 1.02. The highest BCUT2D eigenvalue weighted by Crippen LogP contribution is 2.19. The van der Waals surface area contributed by atoms with E-state index in [2.05, 4.69) is 38.2 Å². The summed E-state index contributed by atoms with van der Waals surface area (Å²) in [5, 5.41) is 0. The molecule has 0 unspecified atom stereocenters. The number of piperidine rings is 1. The SMILES string of the molecule is CCCCCCCCCCCCc1ccc(C[N+]2(C)CCC(=O)CC2)cc1. The number of likely N-dealkylation sites (tertiary alicyclic amines) is 1. The van der Waals surface area contributed by atoms with Gasteiger partial charge in [0.15, 0.2) is 0 Å². The minimum Gasteiger partial charge on any atom is -0.322 e. The van der Waals surface area contributed by atoms with E-state index in [4.69, 9.17) is 0 Å².